The number of hydrogen-bond donors (Lipinski definition) is 2. The van der Waals surface area contributed by atoms with Crippen molar-refractivity contribution in [2.75, 3.05) is 0 Å². The van der Waals surface area contributed by atoms with Gasteiger partial charge < -0.3 is 14.6 Å². The predicted molar refractivity (Wildman–Crippen MR) is 131 cm³/mol. The molecule has 7 nitrogen and oxygen atoms in total. The number of aromatic nitrogens is 5. The summed E-state index contributed by atoms with van der Waals surface area (Å²) in [5.74, 6) is 2.73. The molecule has 7 heteroatoms. The van der Waals surface area contributed by atoms with E-state index in [1.54, 1.807) is 12.4 Å². The van der Waals surface area contributed by atoms with Crippen LogP contribution in [0.1, 0.15) is 71.7 Å². The fourth-order valence-corrected chi connectivity index (χ4v) is 5.03. The standard InChI is InChI=1S/C28H25N5O2/c1-16-24(26(35-33-16)17-8-9-17)19-14-20(25-21(15-19)31-27(32-25)18-10-11-18)28(34,22-6-2-4-12-29-22)23-7-3-5-13-30-23/h2-7,12-15,17-18,34H,8-11H2,1H3,(H,31,32). The molecule has 35 heavy (non-hydrogen) atoms. The number of nitrogens with zero attached hydrogens (tertiary/aromatic N) is 4. The van der Waals surface area contributed by atoms with Gasteiger partial charge >= 0.3 is 0 Å². The number of hydrogen-bond acceptors (Lipinski definition) is 6. The smallest absolute Gasteiger partial charge is 0.176 e. The van der Waals surface area contributed by atoms with Crippen molar-refractivity contribution >= 4 is 11.0 Å². The van der Waals surface area contributed by atoms with Gasteiger partial charge in [-0.1, -0.05) is 17.3 Å². The Morgan fingerprint density at radius 3 is 2.23 bits per heavy atom. The van der Waals surface area contributed by atoms with Crippen molar-refractivity contribution in [1.29, 1.82) is 0 Å². The Labute approximate surface area is 202 Å². The lowest BCUT2D eigenvalue weighted by atomic mass is 9.83. The van der Waals surface area contributed by atoms with Crippen LogP contribution in [0.3, 0.4) is 0 Å². The third-order valence-corrected chi connectivity index (χ3v) is 7.16. The Kier molecular flexibility index (Phi) is 4.45. The number of rotatable bonds is 6. The minimum absolute atomic E-state index is 0.402. The molecule has 7 rings (SSSR count). The molecular formula is C28H25N5O2. The number of aliphatic hydroxyl groups is 1. The van der Waals surface area contributed by atoms with Gasteiger partial charge in [-0.2, -0.15) is 0 Å². The number of H-pyrrole nitrogens is 1. The van der Waals surface area contributed by atoms with E-state index < -0.39 is 5.60 Å². The Morgan fingerprint density at radius 1 is 0.943 bits per heavy atom. The average molecular weight is 464 g/mol. The van der Waals surface area contributed by atoms with Gasteiger partial charge in [-0.15, -0.1) is 0 Å². The first-order valence-electron chi connectivity index (χ1n) is 12.2. The predicted octanol–water partition coefficient (Wildman–Crippen LogP) is 5.36. The molecule has 0 amide bonds. The minimum atomic E-state index is -1.60. The second kappa shape index (κ2) is 7.58. The van der Waals surface area contributed by atoms with E-state index in [0.717, 1.165) is 65.1 Å². The van der Waals surface area contributed by atoms with Gasteiger partial charge in [-0.25, -0.2) is 4.98 Å². The van der Waals surface area contributed by atoms with Crippen molar-refractivity contribution in [3.63, 3.8) is 0 Å². The fourth-order valence-electron chi connectivity index (χ4n) is 5.03. The lowest BCUT2D eigenvalue weighted by Crippen LogP contribution is -2.31. The zero-order valence-corrected chi connectivity index (χ0v) is 19.4. The quantitative estimate of drug-likeness (QED) is 0.352. The first-order chi connectivity index (χ1) is 17.1. The summed E-state index contributed by atoms with van der Waals surface area (Å²) >= 11 is 0. The first-order valence-corrected chi connectivity index (χ1v) is 12.2. The molecule has 2 N–H and O–H groups in total. The van der Waals surface area contributed by atoms with E-state index >= 15 is 0 Å². The zero-order valence-electron chi connectivity index (χ0n) is 19.4. The zero-order chi connectivity index (χ0) is 23.6. The molecule has 0 atom stereocenters. The van der Waals surface area contributed by atoms with Gasteiger partial charge in [-0.3, -0.25) is 9.97 Å². The summed E-state index contributed by atoms with van der Waals surface area (Å²) in [5, 5.41) is 16.8. The summed E-state index contributed by atoms with van der Waals surface area (Å²) < 4.78 is 5.77. The van der Waals surface area contributed by atoms with Crippen LogP contribution in [0.5, 0.6) is 0 Å². The van der Waals surface area contributed by atoms with E-state index in [1.807, 2.05) is 49.4 Å². The maximum Gasteiger partial charge on any atom is 0.176 e. The molecule has 2 aliphatic rings. The molecule has 2 saturated carbocycles. The number of nitrogens with one attached hydrogen (secondary N) is 1. The van der Waals surface area contributed by atoms with Gasteiger partial charge in [0.2, 0.25) is 0 Å². The monoisotopic (exact) mass is 463 g/mol. The van der Waals surface area contributed by atoms with Crippen molar-refractivity contribution in [3.05, 3.63) is 95.2 Å². The summed E-state index contributed by atoms with van der Waals surface area (Å²) in [5.41, 5.74) is 4.45. The van der Waals surface area contributed by atoms with Crippen molar-refractivity contribution < 1.29 is 9.63 Å². The second-order valence-electron chi connectivity index (χ2n) is 9.74. The number of benzene rings is 1. The highest BCUT2D eigenvalue weighted by atomic mass is 16.5. The van der Waals surface area contributed by atoms with Crippen molar-refractivity contribution in [2.45, 2.75) is 50.0 Å². The second-order valence-corrected chi connectivity index (χ2v) is 9.74. The number of imidazole rings is 1. The van der Waals surface area contributed by atoms with Crippen LogP contribution in [0.2, 0.25) is 0 Å². The van der Waals surface area contributed by atoms with Crippen LogP contribution in [-0.4, -0.2) is 30.2 Å². The average Bonchev–Trinajstić information content (AvgIpc) is 3.84. The molecule has 2 aliphatic carbocycles. The topological polar surface area (TPSA) is 101 Å². The van der Waals surface area contributed by atoms with E-state index in [2.05, 4.69) is 26.2 Å². The van der Waals surface area contributed by atoms with Crippen LogP contribution in [-0.2, 0) is 5.60 Å². The molecule has 5 aromatic rings. The highest BCUT2D eigenvalue weighted by Crippen LogP contribution is 2.48. The summed E-state index contributed by atoms with van der Waals surface area (Å²) in [6, 6.07) is 15.3. The highest BCUT2D eigenvalue weighted by molar-refractivity contribution is 5.88. The van der Waals surface area contributed by atoms with Crippen LogP contribution in [0.25, 0.3) is 22.2 Å². The lowest BCUT2D eigenvalue weighted by molar-refractivity contribution is 0.117. The van der Waals surface area contributed by atoms with Gasteiger partial charge in [0.1, 0.15) is 11.6 Å². The number of aryl methyl sites for hydroxylation is 1. The molecule has 4 heterocycles. The Morgan fingerprint density at radius 2 is 1.63 bits per heavy atom. The maximum atomic E-state index is 12.6. The molecule has 2 fully saturated rings. The Bertz CT molecular complexity index is 1490. The summed E-state index contributed by atoms with van der Waals surface area (Å²) in [6.45, 7) is 1.97. The molecule has 1 aromatic carbocycles. The molecular weight excluding hydrogens is 438 g/mol. The molecule has 4 aromatic heterocycles. The summed E-state index contributed by atoms with van der Waals surface area (Å²) in [6.07, 6.45) is 7.86. The number of aromatic amines is 1. The van der Waals surface area contributed by atoms with Crippen LogP contribution >= 0.6 is 0 Å². The number of pyridine rings is 2. The van der Waals surface area contributed by atoms with E-state index in [-0.39, 0.29) is 0 Å². The van der Waals surface area contributed by atoms with Gasteiger partial charge in [-0.05, 0) is 74.6 Å². The van der Waals surface area contributed by atoms with Gasteiger partial charge in [0.15, 0.2) is 5.60 Å². The third-order valence-electron chi connectivity index (χ3n) is 7.16. The van der Waals surface area contributed by atoms with Gasteiger partial charge in [0.25, 0.3) is 0 Å². The van der Waals surface area contributed by atoms with Crippen molar-refractivity contribution in [1.82, 2.24) is 25.1 Å². The van der Waals surface area contributed by atoms with Crippen LogP contribution in [0.15, 0.2) is 65.4 Å². The molecule has 0 unspecified atom stereocenters. The van der Waals surface area contributed by atoms with Gasteiger partial charge in [0, 0.05) is 35.4 Å². The Balaban J connectivity index is 1.54. The van der Waals surface area contributed by atoms with Crippen LogP contribution < -0.4 is 0 Å². The molecule has 0 saturated heterocycles. The van der Waals surface area contributed by atoms with Gasteiger partial charge in [0.05, 0.1) is 28.1 Å². The van der Waals surface area contributed by atoms with Crippen LogP contribution in [0.4, 0.5) is 0 Å². The molecule has 174 valence electrons. The van der Waals surface area contributed by atoms with Crippen molar-refractivity contribution in [3.8, 4) is 11.1 Å². The lowest BCUT2D eigenvalue weighted by Gasteiger charge is -2.28. The summed E-state index contributed by atoms with van der Waals surface area (Å²) in [4.78, 5) is 17.7. The molecule has 0 aliphatic heterocycles. The fraction of sp³-hybridized carbons (Fsp3) is 0.286. The summed E-state index contributed by atoms with van der Waals surface area (Å²) in [7, 11) is 0. The molecule has 0 radical (unpaired) electrons. The van der Waals surface area contributed by atoms with E-state index in [0.29, 0.717) is 28.8 Å². The normalized spacial score (nSPS) is 16.2. The molecule has 0 spiro atoms. The largest absolute Gasteiger partial charge is 0.373 e. The third kappa shape index (κ3) is 3.30. The van der Waals surface area contributed by atoms with Crippen molar-refractivity contribution in [2.24, 2.45) is 0 Å². The van der Waals surface area contributed by atoms with E-state index in [9.17, 15) is 5.11 Å². The molecule has 0 bridgehead atoms. The Hall–Kier alpha value is -3.84. The minimum Gasteiger partial charge on any atom is -0.373 e. The highest BCUT2D eigenvalue weighted by Gasteiger charge is 2.41. The first kappa shape index (κ1) is 20.5. The maximum absolute atomic E-state index is 12.6. The SMILES string of the molecule is Cc1noc(C2CC2)c1-c1cc(C(O)(c2ccccn2)c2ccccn2)c2nc(C3CC3)[nH]c2c1. The number of fused-ring (bicyclic) bond motifs is 1. The van der Waals surface area contributed by atoms with E-state index in [4.69, 9.17) is 9.51 Å². The van der Waals surface area contributed by atoms with Crippen LogP contribution in [0, 0.1) is 6.92 Å². The van der Waals surface area contributed by atoms with E-state index in [1.165, 1.54) is 0 Å².